The van der Waals surface area contributed by atoms with Gasteiger partial charge in [-0.25, -0.2) is 9.78 Å². The largest absolute Gasteiger partial charge is 0.349 e. The Kier molecular flexibility index (Phi) is 4.33. The van der Waals surface area contributed by atoms with Crippen molar-refractivity contribution in [3.63, 3.8) is 0 Å². The van der Waals surface area contributed by atoms with Crippen molar-refractivity contribution in [1.82, 2.24) is 19.5 Å². The minimum atomic E-state index is -0.660. The number of aryl methyl sites for hydroxylation is 2. The number of aromatic amines is 1. The molecule has 0 spiro atoms. The molecule has 1 N–H and O–H groups in total. The Bertz CT molecular complexity index is 1290. The lowest BCUT2D eigenvalue weighted by molar-refractivity contribution is 0.649. The van der Waals surface area contributed by atoms with Crippen LogP contribution >= 0.6 is 11.6 Å². The Morgan fingerprint density at radius 1 is 1.14 bits per heavy atom. The van der Waals surface area contributed by atoms with Crippen LogP contribution in [0, 0.1) is 12.1 Å². The summed E-state index contributed by atoms with van der Waals surface area (Å²) in [6.45, 7) is 0.588. The molecular weight excluding hydrogens is 388 g/mol. The minimum absolute atomic E-state index is 0.191. The summed E-state index contributed by atoms with van der Waals surface area (Å²) in [5, 5.41) is 0.534. The number of hydrogen-bond acceptors (Lipinski definition) is 4. The fourth-order valence-electron chi connectivity index (χ4n) is 3.68. The van der Waals surface area contributed by atoms with E-state index >= 15 is 0 Å². The van der Waals surface area contributed by atoms with Gasteiger partial charge in [0.1, 0.15) is 0 Å². The van der Waals surface area contributed by atoms with Gasteiger partial charge in [0, 0.05) is 12.1 Å². The highest BCUT2D eigenvalue weighted by atomic mass is 35.5. The van der Waals surface area contributed by atoms with Crippen molar-refractivity contribution in [3.05, 3.63) is 79.5 Å². The van der Waals surface area contributed by atoms with Crippen LogP contribution in [0.2, 0.25) is 5.02 Å². The van der Waals surface area contributed by atoms with Crippen LogP contribution < -0.4 is 11.2 Å². The summed E-state index contributed by atoms with van der Waals surface area (Å²) in [5.74, 6) is 0.902. The maximum Gasteiger partial charge on any atom is 0.349 e. The molecule has 1 saturated carbocycles. The summed E-state index contributed by atoms with van der Waals surface area (Å²) >= 11 is 5.87. The van der Waals surface area contributed by atoms with Crippen LogP contribution in [-0.4, -0.2) is 19.5 Å². The molecule has 0 saturated heterocycles. The van der Waals surface area contributed by atoms with Gasteiger partial charge in [0.05, 0.1) is 16.1 Å². The Hall–Kier alpha value is -3.17. The normalized spacial score (nSPS) is 13.7. The van der Waals surface area contributed by atoms with Crippen molar-refractivity contribution in [3.8, 4) is 11.5 Å². The van der Waals surface area contributed by atoms with Crippen molar-refractivity contribution < 1.29 is 0 Å². The third-order valence-electron chi connectivity index (χ3n) is 5.28. The summed E-state index contributed by atoms with van der Waals surface area (Å²) in [6, 6.07) is 15.8. The molecule has 0 bridgehead atoms. The standard InChI is InChI=1S/C22H17ClN4O2/c23-16-8-3-13(4-9-16)2-1-11-27-18-10-7-15(14-5-6-14)12-17(18)24-19-20(27)25-22(29)26-21(19)28/h3,7-8,10,12,14H,1-2,5-6,11H2,(H,26,28,29). The molecule has 2 aromatic carbocycles. The second-order valence-electron chi connectivity index (χ2n) is 7.39. The van der Waals surface area contributed by atoms with E-state index in [0.717, 1.165) is 29.4 Å². The van der Waals surface area contributed by atoms with E-state index in [1.54, 1.807) is 6.07 Å². The highest BCUT2D eigenvalue weighted by molar-refractivity contribution is 6.30. The van der Waals surface area contributed by atoms with E-state index in [1.807, 2.05) is 16.7 Å². The van der Waals surface area contributed by atoms with Gasteiger partial charge in [-0.2, -0.15) is 4.98 Å². The Morgan fingerprint density at radius 2 is 2.00 bits per heavy atom. The van der Waals surface area contributed by atoms with Crippen LogP contribution in [0.4, 0.5) is 0 Å². The average Bonchev–Trinajstić information content (AvgIpc) is 3.54. The number of halogens is 1. The molecule has 29 heavy (non-hydrogen) atoms. The van der Waals surface area contributed by atoms with Gasteiger partial charge in [-0.3, -0.25) is 9.78 Å². The maximum atomic E-state index is 12.4. The monoisotopic (exact) mass is 404 g/mol. The smallest absolute Gasteiger partial charge is 0.322 e. The Balaban J connectivity index is 1.57. The van der Waals surface area contributed by atoms with Gasteiger partial charge in [0.15, 0.2) is 11.5 Å². The second kappa shape index (κ2) is 7.02. The van der Waals surface area contributed by atoms with E-state index in [1.165, 1.54) is 18.4 Å². The molecule has 2 heterocycles. The van der Waals surface area contributed by atoms with Crippen LogP contribution in [-0.2, 0) is 13.0 Å². The first-order valence-corrected chi connectivity index (χ1v) is 9.99. The number of benzene rings is 1. The number of rotatable bonds is 5. The number of hydrogen-bond donors (Lipinski definition) is 1. The first-order chi connectivity index (χ1) is 14.1. The summed E-state index contributed by atoms with van der Waals surface area (Å²) < 4.78 is 1.92. The summed E-state index contributed by atoms with van der Waals surface area (Å²) in [4.78, 5) is 35.0. The molecule has 5 rings (SSSR count). The molecule has 7 heteroatoms. The van der Waals surface area contributed by atoms with Crippen LogP contribution in [0.25, 0.3) is 22.6 Å². The van der Waals surface area contributed by atoms with Crippen molar-refractivity contribution in [1.29, 1.82) is 0 Å². The lowest BCUT2D eigenvalue weighted by Crippen LogP contribution is -2.29. The Morgan fingerprint density at radius 3 is 2.76 bits per heavy atom. The van der Waals surface area contributed by atoms with Gasteiger partial charge >= 0.3 is 5.69 Å². The first kappa shape index (κ1) is 17.9. The van der Waals surface area contributed by atoms with Gasteiger partial charge in [-0.15, -0.1) is 0 Å². The van der Waals surface area contributed by atoms with E-state index in [2.05, 4.69) is 39.2 Å². The summed E-state index contributed by atoms with van der Waals surface area (Å²) in [6.07, 6.45) is 3.92. The summed E-state index contributed by atoms with van der Waals surface area (Å²) in [5.41, 5.74) is 2.89. The predicted molar refractivity (Wildman–Crippen MR) is 110 cm³/mol. The number of fused-ring (bicyclic) bond motifs is 2. The molecule has 1 aliphatic carbocycles. The first-order valence-electron chi connectivity index (χ1n) is 9.61. The van der Waals surface area contributed by atoms with Crippen molar-refractivity contribution in [2.45, 2.75) is 38.1 Å². The molecule has 0 amide bonds. The molecule has 1 fully saturated rings. The second-order valence-corrected chi connectivity index (χ2v) is 7.80. The summed E-state index contributed by atoms with van der Waals surface area (Å²) in [7, 11) is 0. The molecule has 0 unspecified atom stereocenters. The molecule has 6 nitrogen and oxygen atoms in total. The zero-order chi connectivity index (χ0) is 20.0. The van der Waals surface area contributed by atoms with Crippen molar-refractivity contribution in [2.24, 2.45) is 0 Å². The van der Waals surface area contributed by atoms with E-state index in [-0.39, 0.29) is 5.69 Å². The zero-order valence-electron chi connectivity index (χ0n) is 15.5. The Labute approximate surface area is 171 Å². The molecule has 0 radical (unpaired) electrons. The average molecular weight is 405 g/mol. The predicted octanol–water partition coefficient (Wildman–Crippen LogP) is 3.35. The third kappa shape index (κ3) is 3.50. The molecule has 3 aliphatic rings. The molecule has 2 aromatic rings. The quantitative estimate of drug-likeness (QED) is 0.517. The highest BCUT2D eigenvalue weighted by Crippen LogP contribution is 2.41. The lowest BCUT2D eigenvalue weighted by Gasteiger charge is -2.17. The third-order valence-corrected chi connectivity index (χ3v) is 5.50. The van der Waals surface area contributed by atoms with Gasteiger partial charge in [0.25, 0.3) is 5.56 Å². The van der Waals surface area contributed by atoms with E-state index in [4.69, 9.17) is 11.6 Å². The fourth-order valence-corrected chi connectivity index (χ4v) is 3.79. The van der Waals surface area contributed by atoms with Gasteiger partial charge in [-0.1, -0.05) is 23.7 Å². The van der Waals surface area contributed by atoms with Crippen LogP contribution in [0.3, 0.4) is 0 Å². The van der Waals surface area contributed by atoms with E-state index in [9.17, 15) is 9.59 Å². The van der Waals surface area contributed by atoms with Gasteiger partial charge < -0.3 is 4.57 Å². The maximum absolute atomic E-state index is 12.4. The number of aromatic nitrogens is 4. The molecule has 2 aliphatic heterocycles. The van der Waals surface area contributed by atoms with Crippen molar-refractivity contribution in [2.75, 3.05) is 0 Å². The SMILES string of the molecule is O=c1nc2n(CCCc3c#cc(Cl)cc3)c3ccc(C4CC4)cc3nc-2c(=O)[nH]1. The van der Waals surface area contributed by atoms with E-state index < -0.39 is 11.2 Å². The van der Waals surface area contributed by atoms with Crippen LogP contribution in [0.1, 0.15) is 36.3 Å². The van der Waals surface area contributed by atoms with Crippen LogP contribution in [0.15, 0.2) is 39.9 Å². The topological polar surface area (TPSA) is 80.6 Å². The molecule has 0 aromatic heterocycles. The molecule has 0 atom stereocenters. The molecule has 144 valence electrons. The minimum Gasteiger partial charge on any atom is -0.322 e. The van der Waals surface area contributed by atoms with Crippen molar-refractivity contribution >= 4 is 22.6 Å². The fraction of sp³-hybridized carbons (Fsp3) is 0.273. The van der Waals surface area contributed by atoms with E-state index in [0.29, 0.717) is 23.3 Å². The van der Waals surface area contributed by atoms with Crippen LogP contribution in [0.5, 0.6) is 0 Å². The number of nitrogens with zero attached hydrogens (tertiary/aromatic N) is 3. The number of nitrogens with one attached hydrogen (secondary N) is 1. The molecular formula is C22H17ClN4O2. The van der Waals surface area contributed by atoms with Gasteiger partial charge in [0.2, 0.25) is 0 Å². The van der Waals surface area contributed by atoms with Gasteiger partial charge in [-0.05, 0) is 67.5 Å². The highest BCUT2D eigenvalue weighted by Gasteiger charge is 2.25. The zero-order valence-corrected chi connectivity index (χ0v) is 16.3. The lowest BCUT2D eigenvalue weighted by atomic mass is 10.1. The number of H-pyrrole nitrogens is 1.